The minimum absolute atomic E-state index is 0.492. The van der Waals surface area contributed by atoms with E-state index in [9.17, 15) is 0 Å². The average Bonchev–Trinajstić information content (AvgIpc) is 2.61. The number of nitrogens with zero attached hydrogens (tertiary/aromatic N) is 1. The Bertz CT molecular complexity index is 771. The van der Waals surface area contributed by atoms with Crippen LogP contribution < -0.4 is 10.2 Å². The molecule has 0 fully saturated rings. The van der Waals surface area contributed by atoms with Crippen LogP contribution in [0.3, 0.4) is 0 Å². The first-order valence-corrected chi connectivity index (χ1v) is 7.57. The number of benzene rings is 3. The second-order valence-corrected chi connectivity index (χ2v) is 5.25. The third kappa shape index (κ3) is 4.34. The van der Waals surface area contributed by atoms with Crippen molar-refractivity contribution in [1.29, 1.82) is 0 Å². The van der Waals surface area contributed by atoms with Gasteiger partial charge < -0.3 is 4.74 Å². The number of ether oxygens (including phenoxy) is 1. The van der Waals surface area contributed by atoms with Gasteiger partial charge in [0.25, 0.3) is 0 Å². The van der Waals surface area contributed by atoms with Crippen LogP contribution in [0.25, 0.3) is 0 Å². The molecule has 0 unspecified atom stereocenters. The minimum Gasteiger partial charge on any atom is -0.437 e. The molecular weight excluding hydrogens is 308 g/mol. The maximum absolute atomic E-state index is 5.91. The van der Waals surface area contributed by atoms with Gasteiger partial charge in [0.15, 0.2) is 0 Å². The van der Waals surface area contributed by atoms with Gasteiger partial charge in [0.05, 0.1) is 5.69 Å². The molecule has 114 valence electrons. The molecule has 3 aromatic carbocycles. The van der Waals surface area contributed by atoms with Gasteiger partial charge in [-0.05, 0) is 48.5 Å². The third-order valence-electron chi connectivity index (χ3n) is 3.11. The fourth-order valence-corrected chi connectivity index (χ4v) is 2.09. The first kappa shape index (κ1) is 15.1. The summed E-state index contributed by atoms with van der Waals surface area (Å²) in [6.45, 7) is 0. The Labute approximate surface area is 140 Å². The van der Waals surface area contributed by atoms with E-state index in [1.807, 2.05) is 72.8 Å². The molecule has 0 atom stereocenters. The van der Waals surface area contributed by atoms with E-state index in [1.54, 1.807) is 12.1 Å². The van der Waals surface area contributed by atoms with E-state index in [4.69, 9.17) is 16.3 Å². The first-order valence-electron chi connectivity index (χ1n) is 7.19. The predicted octanol–water partition coefficient (Wildman–Crippen LogP) is 5.19. The molecule has 4 heteroatoms. The fraction of sp³-hybridized carbons (Fsp3) is 0. The molecular formula is C19H15ClN2O. The quantitative estimate of drug-likeness (QED) is 0.407. The highest BCUT2D eigenvalue weighted by atomic mass is 35.5. The zero-order valence-electron chi connectivity index (χ0n) is 12.3. The van der Waals surface area contributed by atoms with Gasteiger partial charge in [0.2, 0.25) is 5.90 Å². The van der Waals surface area contributed by atoms with Crippen LogP contribution in [0, 0.1) is 0 Å². The Morgan fingerprint density at radius 2 is 1.39 bits per heavy atom. The Morgan fingerprint density at radius 3 is 2.04 bits per heavy atom. The summed E-state index contributed by atoms with van der Waals surface area (Å²) in [7, 11) is 0. The van der Waals surface area contributed by atoms with Crippen molar-refractivity contribution in [3.05, 3.63) is 95.5 Å². The summed E-state index contributed by atoms with van der Waals surface area (Å²) >= 11 is 5.89. The monoisotopic (exact) mass is 322 g/mol. The van der Waals surface area contributed by atoms with E-state index in [0.29, 0.717) is 10.9 Å². The highest BCUT2D eigenvalue weighted by Crippen LogP contribution is 2.15. The second kappa shape index (κ2) is 7.47. The number of hydrogen-bond acceptors (Lipinski definition) is 3. The summed E-state index contributed by atoms with van der Waals surface area (Å²) < 4.78 is 5.91. The Kier molecular flexibility index (Phi) is 4.92. The van der Waals surface area contributed by atoms with Gasteiger partial charge in [-0.2, -0.15) is 0 Å². The minimum atomic E-state index is 0.492. The summed E-state index contributed by atoms with van der Waals surface area (Å²) in [6, 6.07) is 26.6. The number of hydrazone groups is 1. The third-order valence-corrected chi connectivity index (χ3v) is 3.36. The molecule has 0 aliphatic carbocycles. The van der Waals surface area contributed by atoms with Crippen LogP contribution in [0.1, 0.15) is 5.56 Å². The van der Waals surface area contributed by atoms with Crippen LogP contribution in [0.5, 0.6) is 5.75 Å². The largest absolute Gasteiger partial charge is 0.437 e. The van der Waals surface area contributed by atoms with Crippen LogP contribution in [0.4, 0.5) is 5.69 Å². The van der Waals surface area contributed by atoms with Gasteiger partial charge in [0.1, 0.15) is 5.75 Å². The van der Waals surface area contributed by atoms with Crippen molar-refractivity contribution in [3.63, 3.8) is 0 Å². The van der Waals surface area contributed by atoms with Crippen LogP contribution in [-0.4, -0.2) is 5.90 Å². The van der Waals surface area contributed by atoms with Gasteiger partial charge in [-0.25, -0.2) is 0 Å². The van der Waals surface area contributed by atoms with E-state index >= 15 is 0 Å². The molecule has 0 amide bonds. The Hall–Kier alpha value is -2.78. The maximum atomic E-state index is 5.91. The molecule has 3 rings (SSSR count). The lowest BCUT2D eigenvalue weighted by Crippen LogP contribution is -2.12. The molecule has 3 nitrogen and oxygen atoms in total. The van der Waals surface area contributed by atoms with Crippen molar-refractivity contribution in [2.45, 2.75) is 0 Å². The van der Waals surface area contributed by atoms with E-state index in [2.05, 4.69) is 10.5 Å². The zero-order valence-corrected chi connectivity index (χ0v) is 13.1. The number of anilines is 1. The Morgan fingerprint density at radius 1 is 0.783 bits per heavy atom. The van der Waals surface area contributed by atoms with Crippen molar-refractivity contribution < 1.29 is 4.74 Å². The predicted molar refractivity (Wildman–Crippen MR) is 95.1 cm³/mol. The summed E-state index contributed by atoms with van der Waals surface area (Å²) in [6.07, 6.45) is 0. The molecule has 1 N–H and O–H groups in total. The fourth-order valence-electron chi connectivity index (χ4n) is 1.97. The number of nitrogens with one attached hydrogen (secondary N) is 1. The topological polar surface area (TPSA) is 33.6 Å². The molecule has 0 radical (unpaired) electrons. The number of rotatable bonds is 4. The summed E-state index contributed by atoms with van der Waals surface area (Å²) in [4.78, 5) is 0. The molecule has 0 saturated carbocycles. The molecule has 23 heavy (non-hydrogen) atoms. The van der Waals surface area contributed by atoms with E-state index in [0.717, 1.165) is 17.0 Å². The first-order chi connectivity index (χ1) is 11.3. The average molecular weight is 323 g/mol. The molecule has 0 aromatic heterocycles. The molecule has 0 aliphatic rings. The number of para-hydroxylation sites is 1. The lowest BCUT2D eigenvalue weighted by Gasteiger charge is -2.10. The van der Waals surface area contributed by atoms with Gasteiger partial charge in [0, 0.05) is 10.6 Å². The van der Waals surface area contributed by atoms with Gasteiger partial charge in [-0.1, -0.05) is 48.0 Å². The van der Waals surface area contributed by atoms with Gasteiger partial charge in [-0.15, -0.1) is 5.10 Å². The van der Waals surface area contributed by atoms with Crippen molar-refractivity contribution in [1.82, 2.24) is 0 Å². The molecule has 0 bridgehead atoms. The Balaban J connectivity index is 1.85. The highest BCUT2D eigenvalue weighted by Gasteiger charge is 2.06. The smallest absolute Gasteiger partial charge is 0.243 e. The maximum Gasteiger partial charge on any atom is 0.243 e. The molecule has 0 heterocycles. The number of hydrogen-bond donors (Lipinski definition) is 1. The van der Waals surface area contributed by atoms with Crippen LogP contribution in [0.2, 0.25) is 5.02 Å². The van der Waals surface area contributed by atoms with E-state index in [1.165, 1.54) is 0 Å². The van der Waals surface area contributed by atoms with Crippen LogP contribution >= 0.6 is 11.6 Å². The normalized spacial score (nSPS) is 11.1. The van der Waals surface area contributed by atoms with Gasteiger partial charge >= 0.3 is 0 Å². The zero-order chi connectivity index (χ0) is 15.9. The SMILES string of the molecule is Clc1ccc(NN=C(Oc2ccccc2)c2ccccc2)cc1. The molecule has 0 saturated heterocycles. The van der Waals surface area contributed by atoms with Crippen LogP contribution in [-0.2, 0) is 0 Å². The number of halogens is 1. The summed E-state index contributed by atoms with van der Waals surface area (Å²) in [5.41, 5.74) is 4.71. The van der Waals surface area contributed by atoms with E-state index in [-0.39, 0.29) is 0 Å². The van der Waals surface area contributed by atoms with Crippen molar-refractivity contribution >= 4 is 23.2 Å². The molecule has 0 spiro atoms. The lowest BCUT2D eigenvalue weighted by atomic mass is 10.2. The van der Waals surface area contributed by atoms with Crippen molar-refractivity contribution in [3.8, 4) is 5.75 Å². The summed E-state index contributed by atoms with van der Waals surface area (Å²) in [5, 5.41) is 5.07. The van der Waals surface area contributed by atoms with E-state index < -0.39 is 0 Å². The van der Waals surface area contributed by atoms with Crippen molar-refractivity contribution in [2.75, 3.05) is 5.43 Å². The van der Waals surface area contributed by atoms with Gasteiger partial charge in [-0.3, -0.25) is 5.43 Å². The van der Waals surface area contributed by atoms with Crippen LogP contribution in [0.15, 0.2) is 90.0 Å². The summed E-state index contributed by atoms with van der Waals surface area (Å²) in [5.74, 6) is 1.22. The molecule has 0 aliphatic heterocycles. The van der Waals surface area contributed by atoms with Crippen molar-refractivity contribution in [2.24, 2.45) is 5.10 Å². The lowest BCUT2D eigenvalue weighted by molar-refractivity contribution is 0.551. The second-order valence-electron chi connectivity index (χ2n) is 4.82. The molecule has 3 aromatic rings. The highest BCUT2D eigenvalue weighted by molar-refractivity contribution is 6.30. The standard InChI is InChI=1S/C19H15ClN2O/c20-16-11-13-17(14-12-16)21-22-19(15-7-3-1-4-8-15)23-18-9-5-2-6-10-18/h1-14,21H.